The minimum Gasteiger partial charge on any atom is -0.478 e. The molecule has 0 aliphatic heterocycles. The number of alkyl halides is 2. The Morgan fingerprint density at radius 3 is 2.45 bits per heavy atom. The molecule has 0 radical (unpaired) electrons. The van der Waals surface area contributed by atoms with Gasteiger partial charge in [-0.25, -0.2) is 26.4 Å². The fourth-order valence-electron chi connectivity index (χ4n) is 1.37. The van der Waals surface area contributed by atoms with Crippen LogP contribution in [0.4, 0.5) is 13.2 Å². The van der Waals surface area contributed by atoms with Crippen molar-refractivity contribution < 1.29 is 31.5 Å². The number of nitrogens with zero attached hydrogens (tertiary/aromatic N) is 1. The standard InChI is InChI=1S/C10H9ClF3NO4S/c1-15(4-8(12)13)20(18,19)7-3-5(11)2-6(9(7)14)10(16)17/h2-3,8H,4H2,1H3,(H,16,17). The predicted octanol–water partition coefficient (Wildman–Crippen LogP) is 2.06. The molecule has 0 unspecified atom stereocenters. The SMILES string of the molecule is CN(CC(F)F)S(=O)(=O)c1cc(Cl)cc(C(=O)O)c1F. The van der Waals surface area contributed by atoms with Crippen molar-refractivity contribution in [2.45, 2.75) is 11.3 Å². The highest BCUT2D eigenvalue weighted by Gasteiger charge is 2.30. The topological polar surface area (TPSA) is 74.7 Å². The lowest BCUT2D eigenvalue weighted by Crippen LogP contribution is -2.32. The molecule has 0 aliphatic carbocycles. The van der Waals surface area contributed by atoms with Crippen molar-refractivity contribution in [2.75, 3.05) is 13.6 Å². The van der Waals surface area contributed by atoms with Gasteiger partial charge in [-0.15, -0.1) is 0 Å². The minimum atomic E-state index is -4.61. The van der Waals surface area contributed by atoms with Crippen LogP contribution in [0.3, 0.4) is 0 Å². The summed E-state index contributed by atoms with van der Waals surface area (Å²) in [6, 6.07) is 1.39. The Balaban J connectivity index is 3.43. The molecule has 10 heteroatoms. The normalized spacial score (nSPS) is 12.2. The van der Waals surface area contributed by atoms with E-state index < -0.39 is 45.2 Å². The summed E-state index contributed by atoms with van der Waals surface area (Å²) in [5.41, 5.74) is -0.957. The van der Waals surface area contributed by atoms with Crippen molar-refractivity contribution >= 4 is 27.6 Å². The van der Waals surface area contributed by atoms with Crippen LogP contribution in [0.2, 0.25) is 5.02 Å². The van der Waals surface area contributed by atoms with Crippen molar-refractivity contribution in [3.63, 3.8) is 0 Å². The number of rotatable bonds is 5. The molecule has 112 valence electrons. The summed E-state index contributed by atoms with van der Waals surface area (Å²) in [7, 11) is -3.79. The highest BCUT2D eigenvalue weighted by molar-refractivity contribution is 7.89. The molecule has 0 aliphatic rings. The third kappa shape index (κ3) is 3.41. The maximum Gasteiger partial charge on any atom is 0.338 e. The van der Waals surface area contributed by atoms with Gasteiger partial charge in [-0.05, 0) is 12.1 Å². The fraction of sp³-hybridized carbons (Fsp3) is 0.300. The zero-order valence-electron chi connectivity index (χ0n) is 9.98. The molecule has 1 aromatic carbocycles. The van der Waals surface area contributed by atoms with Crippen molar-refractivity contribution in [3.05, 3.63) is 28.5 Å². The highest BCUT2D eigenvalue weighted by atomic mass is 35.5. The molecule has 0 saturated carbocycles. The van der Waals surface area contributed by atoms with E-state index in [1.165, 1.54) is 0 Å². The van der Waals surface area contributed by atoms with Crippen LogP contribution in [-0.2, 0) is 10.0 Å². The second-order valence-electron chi connectivity index (χ2n) is 3.75. The molecule has 1 N–H and O–H groups in total. The Labute approximate surface area is 117 Å². The van der Waals surface area contributed by atoms with Gasteiger partial charge in [0.25, 0.3) is 6.43 Å². The second kappa shape index (κ2) is 5.98. The molecule has 5 nitrogen and oxygen atoms in total. The Morgan fingerprint density at radius 2 is 2.00 bits per heavy atom. The van der Waals surface area contributed by atoms with E-state index in [1.807, 2.05) is 0 Å². The number of carboxylic acids is 1. The van der Waals surface area contributed by atoms with Crippen LogP contribution in [0, 0.1) is 5.82 Å². The van der Waals surface area contributed by atoms with Crippen LogP contribution in [-0.4, -0.2) is 43.8 Å². The number of benzene rings is 1. The minimum absolute atomic E-state index is 0.220. The number of aromatic carboxylic acids is 1. The van der Waals surface area contributed by atoms with Crippen molar-refractivity contribution in [2.24, 2.45) is 0 Å². The van der Waals surface area contributed by atoms with E-state index >= 15 is 0 Å². The molecule has 0 bridgehead atoms. The molecular weight excluding hydrogens is 323 g/mol. The van der Waals surface area contributed by atoms with E-state index in [9.17, 15) is 26.4 Å². The van der Waals surface area contributed by atoms with Gasteiger partial charge in [0.15, 0.2) is 5.82 Å². The van der Waals surface area contributed by atoms with Crippen LogP contribution in [0.15, 0.2) is 17.0 Å². The average molecular weight is 332 g/mol. The van der Waals surface area contributed by atoms with Crippen LogP contribution in [0.5, 0.6) is 0 Å². The Bertz CT molecular complexity index is 636. The smallest absolute Gasteiger partial charge is 0.338 e. The van der Waals surface area contributed by atoms with Gasteiger partial charge in [0.2, 0.25) is 10.0 Å². The first-order valence-corrected chi connectivity index (χ1v) is 6.86. The first-order chi connectivity index (χ1) is 9.07. The quantitative estimate of drug-likeness (QED) is 0.896. The number of hydrogen-bond donors (Lipinski definition) is 1. The highest BCUT2D eigenvalue weighted by Crippen LogP contribution is 2.26. The van der Waals surface area contributed by atoms with Crippen molar-refractivity contribution in [3.8, 4) is 0 Å². The molecular formula is C10H9ClF3NO4S. The first kappa shape index (κ1) is 16.7. The Hall–Kier alpha value is -1.32. The summed E-state index contributed by atoms with van der Waals surface area (Å²) in [6.07, 6.45) is -2.96. The third-order valence-corrected chi connectivity index (χ3v) is 4.36. The summed E-state index contributed by atoms with van der Waals surface area (Å²) < 4.78 is 62.3. The lowest BCUT2D eigenvalue weighted by Gasteiger charge is -2.17. The summed E-state index contributed by atoms with van der Waals surface area (Å²) >= 11 is 5.52. The van der Waals surface area contributed by atoms with E-state index in [-0.39, 0.29) is 9.33 Å². The summed E-state index contributed by atoms with van der Waals surface area (Å²) in [5, 5.41) is 8.40. The summed E-state index contributed by atoms with van der Waals surface area (Å²) in [4.78, 5) is 9.71. The van der Waals surface area contributed by atoms with E-state index in [2.05, 4.69) is 0 Å². The van der Waals surface area contributed by atoms with Gasteiger partial charge in [0.1, 0.15) is 4.90 Å². The second-order valence-corrected chi connectivity index (χ2v) is 6.20. The monoisotopic (exact) mass is 331 g/mol. The fourth-order valence-corrected chi connectivity index (χ4v) is 2.91. The largest absolute Gasteiger partial charge is 0.478 e. The lowest BCUT2D eigenvalue weighted by molar-refractivity contribution is 0.0691. The molecule has 0 amide bonds. The molecule has 0 aromatic heterocycles. The van der Waals surface area contributed by atoms with Gasteiger partial charge in [-0.3, -0.25) is 0 Å². The van der Waals surface area contributed by atoms with Crippen LogP contribution in [0.1, 0.15) is 10.4 Å². The van der Waals surface area contributed by atoms with Gasteiger partial charge in [0.05, 0.1) is 12.1 Å². The molecule has 0 heterocycles. The predicted molar refractivity (Wildman–Crippen MR) is 64.2 cm³/mol. The molecule has 0 saturated heterocycles. The van der Waals surface area contributed by atoms with Crippen LogP contribution >= 0.6 is 11.6 Å². The average Bonchev–Trinajstić information content (AvgIpc) is 2.30. The molecule has 0 atom stereocenters. The van der Waals surface area contributed by atoms with Gasteiger partial charge >= 0.3 is 5.97 Å². The summed E-state index contributed by atoms with van der Waals surface area (Å²) in [5.74, 6) is -3.28. The van der Waals surface area contributed by atoms with E-state index in [0.717, 1.165) is 13.1 Å². The first-order valence-electron chi connectivity index (χ1n) is 5.04. The zero-order chi connectivity index (χ0) is 15.7. The Kier molecular flexibility index (Phi) is 5.00. The van der Waals surface area contributed by atoms with Gasteiger partial charge in [-0.1, -0.05) is 11.6 Å². The van der Waals surface area contributed by atoms with Crippen LogP contribution < -0.4 is 0 Å². The maximum absolute atomic E-state index is 13.9. The number of carboxylic acid groups (broad SMARTS) is 1. The summed E-state index contributed by atoms with van der Waals surface area (Å²) in [6.45, 7) is -1.16. The molecule has 0 fully saturated rings. The zero-order valence-corrected chi connectivity index (χ0v) is 11.6. The maximum atomic E-state index is 13.9. The Morgan fingerprint density at radius 1 is 1.45 bits per heavy atom. The van der Waals surface area contributed by atoms with Gasteiger partial charge in [0, 0.05) is 12.1 Å². The van der Waals surface area contributed by atoms with Crippen molar-refractivity contribution in [1.29, 1.82) is 0 Å². The number of sulfonamides is 1. The van der Waals surface area contributed by atoms with E-state index in [0.29, 0.717) is 6.07 Å². The molecule has 1 aromatic rings. The van der Waals surface area contributed by atoms with Crippen molar-refractivity contribution in [1.82, 2.24) is 4.31 Å². The van der Waals surface area contributed by atoms with Crippen LogP contribution in [0.25, 0.3) is 0 Å². The number of halogens is 4. The number of hydrogen-bond acceptors (Lipinski definition) is 3. The lowest BCUT2D eigenvalue weighted by atomic mass is 10.2. The van der Waals surface area contributed by atoms with Gasteiger partial charge in [-0.2, -0.15) is 4.31 Å². The molecule has 0 spiro atoms. The molecule has 1 rings (SSSR count). The number of carbonyl (C=O) groups is 1. The molecule has 20 heavy (non-hydrogen) atoms. The van der Waals surface area contributed by atoms with E-state index in [4.69, 9.17) is 16.7 Å². The third-order valence-electron chi connectivity index (χ3n) is 2.32. The van der Waals surface area contributed by atoms with Gasteiger partial charge < -0.3 is 5.11 Å². The van der Waals surface area contributed by atoms with E-state index in [1.54, 1.807) is 0 Å².